The number of hydrogen-bond acceptors (Lipinski definition) is 4. The predicted octanol–water partition coefficient (Wildman–Crippen LogP) is 1.70. The molecule has 3 N–H and O–H groups in total. The van der Waals surface area contributed by atoms with E-state index >= 15 is 0 Å². The molecule has 6 heteroatoms. The molecule has 1 aromatic heterocycles. The van der Waals surface area contributed by atoms with Gasteiger partial charge in [-0.1, -0.05) is 0 Å². The van der Waals surface area contributed by atoms with Gasteiger partial charge in [0.05, 0.1) is 0 Å². The first kappa shape index (κ1) is 12.1. The molecule has 1 saturated carbocycles. The summed E-state index contributed by atoms with van der Waals surface area (Å²) in [6.45, 7) is 0. The minimum atomic E-state index is -0.321. The smallest absolute Gasteiger partial charge is 0.150 e. The lowest BCUT2D eigenvalue weighted by molar-refractivity contribution is 0.610. The van der Waals surface area contributed by atoms with E-state index in [-0.39, 0.29) is 11.9 Å². The topological polar surface area (TPSA) is 68.8 Å². The molecule has 1 fully saturated rings. The number of aromatic nitrogens is 3. The van der Waals surface area contributed by atoms with E-state index in [4.69, 9.17) is 5.73 Å². The Morgan fingerprint density at radius 2 is 2.26 bits per heavy atom. The van der Waals surface area contributed by atoms with Crippen molar-refractivity contribution < 1.29 is 4.39 Å². The molecule has 0 bridgehead atoms. The van der Waals surface area contributed by atoms with Crippen LogP contribution in [-0.4, -0.2) is 26.8 Å². The average Bonchev–Trinajstić information content (AvgIpc) is 3.01. The number of nitrogens with zero attached hydrogens (tertiary/aromatic N) is 3. The van der Waals surface area contributed by atoms with Crippen molar-refractivity contribution in [1.29, 1.82) is 0 Å². The molecule has 0 saturated heterocycles. The van der Waals surface area contributed by atoms with E-state index in [9.17, 15) is 4.39 Å². The van der Waals surface area contributed by atoms with Crippen LogP contribution in [0.25, 0.3) is 5.69 Å². The first-order chi connectivity index (χ1) is 9.22. The second-order valence-electron chi connectivity index (χ2n) is 4.92. The molecule has 19 heavy (non-hydrogen) atoms. The maximum Gasteiger partial charge on any atom is 0.150 e. The van der Waals surface area contributed by atoms with Crippen LogP contribution in [-0.2, 0) is 0 Å². The quantitative estimate of drug-likeness (QED) is 0.882. The number of nitrogens with two attached hydrogens (primary N) is 1. The molecule has 0 aliphatic heterocycles. The molecular weight excluding hydrogens is 245 g/mol. The van der Waals surface area contributed by atoms with Gasteiger partial charge >= 0.3 is 0 Å². The molecule has 1 aliphatic carbocycles. The third-order valence-corrected chi connectivity index (χ3v) is 3.46. The summed E-state index contributed by atoms with van der Waals surface area (Å²) >= 11 is 0. The summed E-state index contributed by atoms with van der Waals surface area (Å²) in [5, 5.41) is 7.24. The number of hydrogen-bond donors (Lipinski definition) is 2. The Kier molecular flexibility index (Phi) is 3.16. The summed E-state index contributed by atoms with van der Waals surface area (Å²) in [6, 6.07) is 5.63. The lowest BCUT2D eigenvalue weighted by atomic mass is 10.2. The second-order valence-corrected chi connectivity index (χ2v) is 4.92. The molecule has 3 rings (SSSR count). The van der Waals surface area contributed by atoms with Crippen molar-refractivity contribution in [3.05, 3.63) is 36.7 Å². The minimum absolute atomic E-state index is 0.261. The van der Waals surface area contributed by atoms with Gasteiger partial charge < -0.3 is 11.1 Å². The SMILES string of the molecule is NC1CCC(Nc2ccc(-n3cncn3)c(F)c2)C1. The van der Waals surface area contributed by atoms with Crippen LogP contribution in [0.3, 0.4) is 0 Å². The van der Waals surface area contributed by atoms with Gasteiger partial charge in [-0.15, -0.1) is 0 Å². The molecule has 1 aromatic carbocycles. The molecule has 0 amide bonds. The normalized spacial score (nSPS) is 22.6. The maximum atomic E-state index is 14.0. The second kappa shape index (κ2) is 4.97. The number of rotatable bonds is 3. The molecule has 0 radical (unpaired) electrons. The van der Waals surface area contributed by atoms with Crippen LogP contribution < -0.4 is 11.1 Å². The van der Waals surface area contributed by atoms with E-state index in [2.05, 4.69) is 15.4 Å². The lowest BCUT2D eigenvalue weighted by Crippen LogP contribution is -2.20. The standard InChI is InChI=1S/C13H16FN5/c14-12-6-11(18-10-2-1-9(15)5-10)3-4-13(12)19-8-16-7-17-19/h3-4,6-10,18H,1-2,5,15H2. The highest BCUT2D eigenvalue weighted by Gasteiger charge is 2.21. The lowest BCUT2D eigenvalue weighted by Gasteiger charge is -2.14. The zero-order valence-electron chi connectivity index (χ0n) is 10.5. The van der Waals surface area contributed by atoms with E-state index in [1.807, 2.05) is 6.07 Å². The number of halogens is 1. The fourth-order valence-corrected chi connectivity index (χ4v) is 2.50. The van der Waals surface area contributed by atoms with Crippen molar-refractivity contribution in [2.45, 2.75) is 31.3 Å². The summed E-state index contributed by atoms with van der Waals surface area (Å²) in [4.78, 5) is 3.81. The molecule has 5 nitrogen and oxygen atoms in total. The van der Waals surface area contributed by atoms with E-state index in [1.54, 1.807) is 6.07 Å². The summed E-state index contributed by atoms with van der Waals surface area (Å²) in [6.07, 6.45) is 5.85. The van der Waals surface area contributed by atoms with Crippen molar-refractivity contribution in [2.75, 3.05) is 5.32 Å². The van der Waals surface area contributed by atoms with Crippen LogP contribution in [0.4, 0.5) is 10.1 Å². The van der Waals surface area contributed by atoms with Crippen LogP contribution in [0.2, 0.25) is 0 Å². The van der Waals surface area contributed by atoms with Crippen molar-refractivity contribution in [3.8, 4) is 5.69 Å². The highest BCUT2D eigenvalue weighted by molar-refractivity contribution is 5.50. The number of anilines is 1. The van der Waals surface area contributed by atoms with Crippen molar-refractivity contribution in [1.82, 2.24) is 14.8 Å². The van der Waals surface area contributed by atoms with Gasteiger partial charge in [0.2, 0.25) is 0 Å². The van der Waals surface area contributed by atoms with Gasteiger partial charge in [0.1, 0.15) is 18.3 Å². The Hall–Kier alpha value is -1.95. The van der Waals surface area contributed by atoms with Crippen molar-refractivity contribution >= 4 is 5.69 Å². The predicted molar refractivity (Wildman–Crippen MR) is 70.6 cm³/mol. The molecule has 100 valence electrons. The summed E-state index contributed by atoms with van der Waals surface area (Å²) in [5.41, 5.74) is 7.04. The Balaban J connectivity index is 1.76. The monoisotopic (exact) mass is 261 g/mol. The third kappa shape index (κ3) is 2.58. The molecule has 1 heterocycles. The average molecular weight is 261 g/mol. The molecule has 2 unspecified atom stereocenters. The first-order valence-electron chi connectivity index (χ1n) is 6.39. The number of benzene rings is 1. The third-order valence-electron chi connectivity index (χ3n) is 3.46. The first-order valence-corrected chi connectivity index (χ1v) is 6.39. The van der Waals surface area contributed by atoms with Crippen LogP contribution in [0.15, 0.2) is 30.9 Å². The molecular formula is C13H16FN5. The van der Waals surface area contributed by atoms with Crippen molar-refractivity contribution in [2.24, 2.45) is 5.73 Å². The van der Waals surface area contributed by atoms with Crippen LogP contribution in [0.5, 0.6) is 0 Å². The van der Waals surface area contributed by atoms with E-state index in [1.165, 1.54) is 23.4 Å². The minimum Gasteiger partial charge on any atom is -0.382 e. The van der Waals surface area contributed by atoms with Gasteiger partial charge in [-0.3, -0.25) is 0 Å². The largest absolute Gasteiger partial charge is 0.382 e. The Morgan fingerprint density at radius 1 is 1.37 bits per heavy atom. The summed E-state index contributed by atoms with van der Waals surface area (Å²) < 4.78 is 15.4. The maximum absolute atomic E-state index is 14.0. The zero-order valence-corrected chi connectivity index (χ0v) is 10.5. The molecule has 0 spiro atoms. The Bertz CT molecular complexity index is 554. The van der Waals surface area contributed by atoms with Gasteiger partial charge in [-0.05, 0) is 37.5 Å². The van der Waals surface area contributed by atoms with Gasteiger partial charge in [-0.2, -0.15) is 5.10 Å². The van der Waals surface area contributed by atoms with Gasteiger partial charge in [0, 0.05) is 17.8 Å². The molecule has 1 aliphatic rings. The van der Waals surface area contributed by atoms with E-state index in [0.29, 0.717) is 11.7 Å². The number of nitrogens with one attached hydrogen (secondary N) is 1. The Morgan fingerprint density at radius 3 is 2.89 bits per heavy atom. The van der Waals surface area contributed by atoms with E-state index in [0.717, 1.165) is 24.9 Å². The zero-order chi connectivity index (χ0) is 13.2. The highest BCUT2D eigenvalue weighted by Crippen LogP contribution is 2.23. The van der Waals surface area contributed by atoms with Crippen molar-refractivity contribution in [3.63, 3.8) is 0 Å². The van der Waals surface area contributed by atoms with Crippen LogP contribution in [0, 0.1) is 5.82 Å². The van der Waals surface area contributed by atoms with Crippen LogP contribution in [0.1, 0.15) is 19.3 Å². The summed E-state index contributed by atoms with van der Waals surface area (Å²) in [7, 11) is 0. The Labute approximate surface area is 110 Å². The molecule has 2 aromatic rings. The van der Waals surface area contributed by atoms with Gasteiger partial charge in [0.15, 0.2) is 5.82 Å². The van der Waals surface area contributed by atoms with Gasteiger partial charge in [0.25, 0.3) is 0 Å². The van der Waals surface area contributed by atoms with Crippen LogP contribution >= 0.6 is 0 Å². The fraction of sp³-hybridized carbons (Fsp3) is 0.385. The van der Waals surface area contributed by atoms with Gasteiger partial charge in [-0.25, -0.2) is 14.1 Å². The fourth-order valence-electron chi connectivity index (χ4n) is 2.50. The summed E-state index contributed by atoms with van der Waals surface area (Å²) in [5.74, 6) is -0.321. The van der Waals surface area contributed by atoms with E-state index < -0.39 is 0 Å². The highest BCUT2D eigenvalue weighted by atomic mass is 19.1. The molecule has 2 atom stereocenters.